The van der Waals surface area contributed by atoms with Crippen molar-refractivity contribution in [2.24, 2.45) is 0 Å². The van der Waals surface area contributed by atoms with Crippen LogP contribution in [-0.2, 0) is 10.9 Å². The van der Waals surface area contributed by atoms with Crippen LogP contribution in [0.25, 0.3) is 0 Å². The Hall–Kier alpha value is -1.65. The van der Waals surface area contributed by atoms with Gasteiger partial charge in [-0.1, -0.05) is 6.07 Å². The van der Waals surface area contributed by atoms with E-state index in [1.807, 2.05) is 0 Å². The maximum absolute atomic E-state index is 13.1. The number of rotatable bonds is 5. The number of hydrogen-bond donors (Lipinski definition) is 1. The number of halogens is 4. The number of nitrogens with zero attached hydrogens (tertiary/aromatic N) is 1. The van der Waals surface area contributed by atoms with Crippen LogP contribution < -0.4 is 0 Å². The predicted molar refractivity (Wildman–Crippen MR) is 57.4 cm³/mol. The van der Waals surface area contributed by atoms with E-state index in [9.17, 15) is 17.6 Å². The Balaban J connectivity index is 2.97. The van der Waals surface area contributed by atoms with Gasteiger partial charge in [0.25, 0.3) is 0 Å². The molecule has 0 aliphatic rings. The molecule has 3 nitrogen and oxygen atoms in total. The highest BCUT2D eigenvalue weighted by molar-refractivity contribution is 5.31. The smallest absolute Gasteiger partial charge is 0.396 e. The molecule has 19 heavy (non-hydrogen) atoms. The van der Waals surface area contributed by atoms with Gasteiger partial charge in [0, 0.05) is 6.61 Å². The van der Waals surface area contributed by atoms with Gasteiger partial charge in [-0.25, -0.2) is 4.39 Å². The topological polar surface area (TPSA) is 53.2 Å². The first kappa shape index (κ1) is 15.4. The largest absolute Gasteiger partial charge is 0.419 e. The Morgan fingerprint density at radius 1 is 1.37 bits per heavy atom. The van der Waals surface area contributed by atoms with Crippen molar-refractivity contribution >= 4 is 0 Å². The zero-order valence-electron chi connectivity index (χ0n) is 9.75. The molecule has 0 heterocycles. The van der Waals surface area contributed by atoms with Crippen LogP contribution in [0.4, 0.5) is 17.6 Å². The molecule has 0 aliphatic carbocycles. The maximum atomic E-state index is 13.1. The van der Waals surface area contributed by atoms with E-state index in [-0.39, 0.29) is 25.2 Å². The van der Waals surface area contributed by atoms with Gasteiger partial charge < -0.3 is 9.84 Å². The van der Waals surface area contributed by atoms with Crippen molar-refractivity contribution in [2.75, 3.05) is 13.2 Å². The average molecular weight is 277 g/mol. The van der Waals surface area contributed by atoms with Crippen LogP contribution >= 0.6 is 0 Å². The summed E-state index contributed by atoms with van der Waals surface area (Å²) in [5.41, 5.74) is -1.51. The van der Waals surface area contributed by atoms with Gasteiger partial charge in [-0.15, -0.1) is 0 Å². The van der Waals surface area contributed by atoms with Crippen LogP contribution in [0.3, 0.4) is 0 Å². The molecule has 0 radical (unpaired) electrons. The quantitative estimate of drug-likeness (QED) is 0.665. The van der Waals surface area contributed by atoms with E-state index in [0.29, 0.717) is 12.1 Å². The molecule has 0 saturated heterocycles. The van der Waals surface area contributed by atoms with Crippen LogP contribution in [0.1, 0.15) is 23.7 Å². The lowest BCUT2D eigenvalue weighted by molar-refractivity contribution is -0.140. The average Bonchev–Trinajstić information content (AvgIpc) is 2.34. The van der Waals surface area contributed by atoms with Gasteiger partial charge in [0.15, 0.2) is 6.10 Å². The minimum Gasteiger partial charge on any atom is -0.396 e. The van der Waals surface area contributed by atoms with Crippen molar-refractivity contribution < 1.29 is 27.4 Å². The minimum absolute atomic E-state index is 0.0213. The molecule has 1 N–H and O–H groups in total. The summed E-state index contributed by atoms with van der Waals surface area (Å²) >= 11 is 0. The third-order valence-electron chi connectivity index (χ3n) is 2.30. The van der Waals surface area contributed by atoms with Crippen LogP contribution in [0, 0.1) is 17.1 Å². The second-order valence-corrected chi connectivity index (χ2v) is 3.69. The first-order chi connectivity index (χ1) is 8.90. The highest BCUT2D eigenvalue weighted by Gasteiger charge is 2.34. The normalized spacial score (nSPS) is 13.1. The van der Waals surface area contributed by atoms with Crippen molar-refractivity contribution in [2.45, 2.75) is 18.7 Å². The summed E-state index contributed by atoms with van der Waals surface area (Å²) in [5.74, 6) is -1.40. The molecule has 0 fully saturated rings. The third kappa shape index (κ3) is 4.19. The first-order valence-corrected chi connectivity index (χ1v) is 5.39. The van der Waals surface area contributed by atoms with E-state index in [2.05, 4.69) is 0 Å². The molecule has 0 bridgehead atoms. The molecule has 1 rings (SSSR count). The van der Waals surface area contributed by atoms with Crippen molar-refractivity contribution in [3.63, 3.8) is 0 Å². The van der Waals surface area contributed by atoms with Crippen molar-refractivity contribution in [3.05, 3.63) is 35.1 Å². The number of alkyl halides is 3. The number of aliphatic hydroxyl groups excluding tert-OH is 1. The van der Waals surface area contributed by atoms with Crippen LogP contribution in [0.15, 0.2) is 18.2 Å². The molecule has 0 amide bonds. The summed E-state index contributed by atoms with van der Waals surface area (Å²) in [4.78, 5) is 0. The van der Waals surface area contributed by atoms with Crippen LogP contribution in [0.2, 0.25) is 0 Å². The van der Waals surface area contributed by atoms with E-state index in [1.165, 1.54) is 0 Å². The van der Waals surface area contributed by atoms with E-state index in [0.717, 1.165) is 6.07 Å². The molecule has 0 aromatic heterocycles. The van der Waals surface area contributed by atoms with Gasteiger partial charge in [-0.05, 0) is 24.1 Å². The second-order valence-electron chi connectivity index (χ2n) is 3.69. The third-order valence-corrected chi connectivity index (χ3v) is 2.30. The Morgan fingerprint density at radius 2 is 2.05 bits per heavy atom. The molecule has 0 aliphatic heterocycles. The Kier molecular flexibility index (Phi) is 5.27. The summed E-state index contributed by atoms with van der Waals surface area (Å²) in [5, 5.41) is 17.4. The number of benzene rings is 1. The van der Waals surface area contributed by atoms with Crippen LogP contribution in [-0.4, -0.2) is 18.3 Å². The summed E-state index contributed by atoms with van der Waals surface area (Å²) in [6, 6.07) is 3.96. The summed E-state index contributed by atoms with van der Waals surface area (Å²) in [7, 11) is 0. The highest BCUT2D eigenvalue weighted by atomic mass is 19.4. The van der Waals surface area contributed by atoms with E-state index in [1.54, 1.807) is 6.07 Å². The standard InChI is InChI=1S/C12H11F4NO2/c13-10-3-2-8(6-9(10)12(14,15)16)11(7-17)19-5-1-4-18/h2-3,6,11,18H,1,4-5H2. The molecule has 7 heteroatoms. The molecular formula is C12H11F4NO2. The summed E-state index contributed by atoms with van der Waals surface area (Å²) in [6.45, 7) is -0.136. The Morgan fingerprint density at radius 3 is 2.58 bits per heavy atom. The van der Waals surface area contributed by atoms with Gasteiger partial charge in [0.1, 0.15) is 5.82 Å². The number of nitriles is 1. The van der Waals surface area contributed by atoms with E-state index < -0.39 is 23.7 Å². The Bertz CT molecular complexity index is 468. The minimum atomic E-state index is -4.83. The molecular weight excluding hydrogens is 266 g/mol. The highest BCUT2D eigenvalue weighted by Crippen LogP contribution is 2.33. The maximum Gasteiger partial charge on any atom is 0.419 e. The number of hydrogen-bond acceptors (Lipinski definition) is 3. The van der Waals surface area contributed by atoms with Crippen molar-refractivity contribution in [1.29, 1.82) is 5.26 Å². The van der Waals surface area contributed by atoms with Crippen LogP contribution in [0.5, 0.6) is 0 Å². The molecule has 0 spiro atoms. The van der Waals surface area contributed by atoms with Gasteiger partial charge >= 0.3 is 6.18 Å². The Labute approximate surface area is 107 Å². The van der Waals surface area contributed by atoms with Gasteiger partial charge in [0.05, 0.1) is 18.2 Å². The lowest BCUT2D eigenvalue weighted by atomic mass is 10.1. The fraction of sp³-hybridized carbons (Fsp3) is 0.417. The molecule has 104 valence electrons. The lowest BCUT2D eigenvalue weighted by Gasteiger charge is -2.14. The van der Waals surface area contributed by atoms with Gasteiger partial charge in [-0.2, -0.15) is 18.4 Å². The SMILES string of the molecule is N#CC(OCCCO)c1ccc(F)c(C(F)(F)F)c1. The van der Waals surface area contributed by atoms with Gasteiger partial charge in [0.2, 0.25) is 0 Å². The molecule has 0 saturated carbocycles. The van der Waals surface area contributed by atoms with E-state index >= 15 is 0 Å². The summed E-state index contributed by atoms with van der Waals surface area (Å²) in [6.07, 6.45) is -5.80. The fourth-order valence-corrected chi connectivity index (χ4v) is 1.40. The summed E-state index contributed by atoms with van der Waals surface area (Å²) < 4.78 is 55.6. The fourth-order valence-electron chi connectivity index (χ4n) is 1.40. The lowest BCUT2D eigenvalue weighted by Crippen LogP contribution is -2.11. The van der Waals surface area contributed by atoms with Crippen molar-refractivity contribution in [3.8, 4) is 6.07 Å². The number of aliphatic hydroxyl groups is 1. The number of ether oxygens (including phenoxy) is 1. The second kappa shape index (κ2) is 6.50. The molecule has 1 aromatic carbocycles. The monoisotopic (exact) mass is 277 g/mol. The van der Waals surface area contributed by atoms with Gasteiger partial charge in [-0.3, -0.25) is 0 Å². The molecule has 1 unspecified atom stereocenters. The predicted octanol–water partition coefficient (Wildman–Crippen LogP) is 2.81. The zero-order valence-corrected chi connectivity index (χ0v) is 9.75. The molecule has 1 atom stereocenters. The van der Waals surface area contributed by atoms with E-state index in [4.69, 9.17) is 15.1 Å². The van der Waals surface area contributed by atoms with Crippen molar-refractivity contribution in [1.82, 2.24) is 0 Å². The molecule has 1 aromatic rings. The first-order valence-electron chi connectivity index (χ1n) is 5.39. The zero-order chi connectivity index (χ0) is 14.5.